The van der Waals surface area contributed by atoms with E-state index in [0.29, 0.717) is 18.5 Å². The molecule has 202 valence electrons. The fourth-order valence-electron chi connectivity index (χ4n) is 6.78. The summed E-state index contributed by atoms with van der Waals surface area (Å²) in [6, 6.07) is 25.8. The first-order chi connectivity index (χ1) is 19.2. The Morgan fingerprint density at radius 1 is 0.925 bits per heavy atom. The highest BCUT2D eigenvalue weighted by molar-refractivity contribution is 7.92. The summed E-state index contributed by atoms with van der Waals surface area (Å²) in [5.74, 6) is 6.80. The predicted molar refractivity (Wildman–Crippen MR) is 161 cm³/mol. The lowest BCUT2D eigenvalue weighted by atomic mass is 9.70. The van der Waals surface area contributed by atoms with Gasteiger partial charge in [-0.05, 0) is 71.2 Å². The number of nitrogens with one attached hydrogen (secondary N) is 1. The average molecular weight is 548 g/mol. The Labute approximate surface area is 237 Å². The molecule has 0 amide bonds. The molecule has 0 heterocycles. The van der Waals surface area contributed by atoms with Crippen LogP contribution in [0.1, 0.15) is 61.3 Å². The molecule has 2 saturated carbocycles. The van der Waals surface area contributed by atoms with Gasteiger partial charge < -0.3 is 0 Å². The molecule has 3 aliphatic rings. The predicted octanol–water partition coefficient (Wildman–Crippen LogP) is 6.96. The first-order valence-electron chi connectivity index (χ1n) is 13.9. The summed E-state index contributed by atoms with van der Waals surface area (Å²) >= 11 is 0. The van der Waals surface area contributed by atoms with Crippen molar-refractivity contribution in [2.75, 3.05) is 10.5 Å². The molecule has 6 rings (SSSR count). The van der Waals surface area contributed by atoms with Gasteiger partial charge in [0, 0.05) is 29.2 Å². The third-order valence-corrected chi connectivity index (χ3v) is 10.7. The van der Waals surface area contributed by atoms with Gasteiger partial charge in [0.05, 0.1) is 11.2 Å². The molecule has 3 atom stereocenters. The lowest BCUT2D eigenvalue weighted by Crippen LogP contribution is -2.43. The van der Waals surface area contributed by atoms with Crippen molar-refractivity contribution in [2.24, 2.45) is 16.7 Å². The summed E-state index contributed by atoms with van der Waals surface area (Å²) in [5.41, 5.74) is 4.64. The number of carbonyl (C=O) groups is 1. The topological polar surface area (TPSA) is 63.2 Å². The molecule has 0 aromatic heterocycles. The fourth-order valence-corrected chi connectivity index (χ4v) is 8.67. The van der Waals surface area contributed by atoms with Gasteiger partial charge in [0.1, 0.15) is 5.78 Å². The fraction of sp³-hybridized carbons (Fsp3) is 0.286. The maximum absolute atomic E-state index is 13.2. The third-order valence-electron chi connectivity index (χ3n) is 9.31. The number of benzene rings is 3. The maximum atomic E-state index is 13.2. The molecule has 3 aliphatic carbocycles. The van der Waals surface area contributed by atoms with E-state index in [-0.39, 0.29) is 28.8 Å². The molecule has 3 aromatic rings. The second-order valence-corrected chi connectivity index (χ2v) is 13.6. The highest BCUT2D eigenvalue weighted by atomic mass is 32.2. The zero-order valence-electron chi connectivity index (χ0n) is 22.9. The third kappa shape index (κ3) is 4.82. The van der Waals surface area contributed by atoms with Gasteiger partial charge in [0.25, 0.3) is 0 Å². The summed E-state index contributed by atoms with van der Waals surface area (Å²) in [7, 11) is -3.71. The summed E-state index contributed by atoms with van der Waals surface area (Å²) < 4.78 is 29.1. The Balaban J connectivity index is 1.13. The van der Waals surface area contributed by atoms with Gasteiger partial charge in [0.15, 0.2) is 0 Å². The van der Waals surface area contributed by atoms with E-state index in [1.807, 2.05) is 24.3 Å². The van der Waals surface area contributed by atoms with Crippen molar-refractivity contribution in [3.8, 4) is 11.8 Å². The smallest absolute Gasteiger partial charge is 0.233 e. The first-order valence-corrected chi connectivity index (χ1v) is 15.5. The van der Waals surface area contributed by atoms with E-state index in [4.69, 9.17) is 0 Å². The van der Waals surface area contributed by atoms with E-state index < -0.39 is 15.4 Å². The molecule has 0 aliphatic heterocycles. The van der Waals surface area contributed by atoms with E-state index in [9.17, 15) is 13.2 Å². The summed E-state index contributed by atoms with van der Waals surface area (Å²) in [6.07, 6.45) is 8.73. The number of hydrogen-bond donors (Lipinski definition) is 1. The molecule has 5 heteroatoms. The monoisotopic (exact) mass is 547 g/mol. The van der Waals surface area contributed by atoms with Gasteiger partial charge in [-0.25, -0.2) is 8.42 Å². The molecule has 40 heavy (non-hydrogen) atoms. The lowest BCUT2D eigenvalue weighted by Gasteiger charge is -2.36. The zero-order valence-corrected chi connectivity index (χ0v) is 23.7. The van der Waals surface area contributed by atoms with Crippen LogP contribution >= 0.6 is 0 Å². The van der Waals surface area contributed by atoms with Gasteiger partial charge in [-0.15, -0.1) is 0 Å². The van der Waals surface area contributed by atoms with Crippen LogP contribution in [-0.2, 0) is 14.8 Å². The molecular weight excluding hydrogens is 514 g/mol. The van der Waals surface area contributed by atoms with Gasteiger partial charge in [-0.1, -0.05) is 92.4 Å². The molecule has 0 radical (unpaired) electrons. The number of hydrogen-bond acceptors (Lipinski definition) is 3. The van der Waals surface area contributed by atoms with Crippen molar-refractivity contribution in [2.45, 2.75) is 39.0 Å². The number of carbonyl (C=O) groups excluding carboxylic acids is 1. The molecule has 0 spiro atoms. The van der Waals surface area contributed by atoms with Gasteiger partial charge >= 0.3 is 0 Å². The standard InChI is InChI=1S/C35H33NO3S/c1-34(2)31-19-20-35(34,33(37)23-31)24-40(38,39)36-32-10-6-7-26(21-32)12-11-25-13-15-28(16-14-25)30-18-17-29(22-30)27-8-4-3-5-9-27/h3-10,13-18,21-22,30-31,36H,19-20,23-24H2,1-2H3/t30?,31-,35-/m1/s1. The van der Waals surface area contributed by atoms with Crippen LogP contribution in [0.5, 0.6) is 0 Å². The van der Waals surface area contributed by atoms with Crippen molar-refractivity contribution < 1.29 is 13.2 Å². The van der Waals surface area contributed by atoms with Crippen molar-refractivity contribution >= 4 is 27.1 Å². The quantitative estimate of drug-likeness (QED) is 0.339. The van der Waals surface area contributed by atoms with Crippen molar-refractivity contribution in [3.05, 3.63) is 119 Å². The van der Waals surface area contributed by atoms with Crippen LogP contribution in [0.25, 0.3) is 5.57 Å². The van der Waals surface area contributed by atoms with Crippen LogP contribution in [0.4, 0.5) is 5.69 Å². The Morgan fingerprint density at radius 3 is 2.38 bits per heavy atom. The van der Waals surface area contributed by atoms with Crippen LogP contribution in [-0.4, -0.2) is 20.0 Å². The number of Topliss-reactive ketones (excluding diaryl/α,β-unsaturated/α-hetero) is 1. The molecule has 1 N–H and O–H groups in total. The summed E-state index contributed by atoms with van der Waals surface area (Å²) in [5, 5.41) is 0. The molecule has 3 aromatic carbocycles. The minimum atomic E-state index is -3.71. The van der Waals surface area contributed by atoms with E-state index in [1.165, 1.54) is 16.7 Å². The molecule has 2 bridgehead atoms. The molecule has 0 saturated heterocycles. The van der Waals surface area contributed by atoms with Crippen LogP contribution in [0.3, 0.4) is 0 Å². The van der Waals surface area contributed by atoms with Crippen molar-refractivity contribution in [1.29, 1.82) is 0 Å². The minimum absolute atomic E-state index is 0.0985. The number of fused-ring (bicyclic) bond motifs is 2. The average Bonchev–Trinajstić information content (AvgIpc) is 3.57. The Kier molecular flexibility index (Phi) is 6.55. The van der Waals surface area contributed by atoms with E-state index in [0.717, 1.165) is 17.5 Å². The number of anilines is 1. The Morgan fingerprint density at radius 2 is 1.68 bits per heavy atom. The van der Waals surface area contributed by atoms with Crippen LogP contribution < -0.4 is 4.72 Å². The number of allylic oxidation sites excluding steroid dienone is 4. The normalized spacial score (nSPS) is 24.4. The molecule has 4 nitrogen and oxygen atoms in total. The number of ketones is 1. The second kappa shape index (κ2) is 9.94. The first kappa shape index (κ1) is 26.3. The van der Waals surface area contributed by atoms with Gasteiger partial charge in [-0.3, -0.25) is 9.52 Å². The highest BCUT2D eigenvalue weighted by Gasteiger charge is 2.65. The Hall–Kier alpha value is -3.88. The Bertz CT molecular complexity index is 1690. The number of rotatable bonds is 6. The SMILES string of the molecule is CC1(C)[C@@H]2CC[C@@]1(CS(=O)(=O)Nc1cccc(C#Cc3ccc(C4C=CC(c5ccccc5)=C4)cc3)c1)C(=O)C2. The van der Waals surface area contributed by atoms with E-state index in [2.05, 4.69) is 85.0 Å². The van der Waals surface area contributed by atoms with Crippen LogP contribution in [0.2, 0.25) is 0 Å². The van der Waals surface area contributed by atoms with Crippen molar-refractivity contribution in [1.82, 2.24) is 0 Å². The van der Waals surface area contributed by atoms with Crippen molar-refractivity contribution in [3.63, 3.8) is 0 Å². The summed E-state index contributed by atoms with van der Waals surface area (Å²) in [4.78, 5) is 12.8. The van der Waals surface area contributed by atoms with E-state index >= 15 is 0 Å². The lowest BCUT2D eigenvalue weighted by molar-refractivity contribution is -0.128. The molecule has 1 unspecified atom stereocenters. The van der Waals surface area contributed by atoms with Crippen LogP contribution in [0, 0.1) is 28.6 Å². The van der Waals surface area contributed by atoms with Gasteiger partial charge in [-0.2, -0.15) is 0 Å². The maximum Gasteiger partial charge on any atom is 0.233 e. The second-order valence-electron chi connectivity index (χ2n) is 11.9. The summed E-state index contributed by atoms with van der Waals surface area (Å²) in [6.45, 7) is 4.11. The highest BCUT2D eigenvalue weighted by Crippen LogP contribution is 2.64. The van der Waals surface area contributed by atoms with E-state index in [1.54, 1.807) is 18.2 Å². The van der Waals surface area contributed by atoms with Crippen LogP contribution in [0.15, 0.2) is 97.1 Å². The minimum Gasteiger partial charge on any atom is -0.299 e. The molecular formula is C35H33NO3S. The number of sulfonamides is 1. The zero-order chi connectivity index (χ0) is 28.0. The molecule has 2 fully saturated rings. The van der Waals surface area contributed by atoms with Gasteiger partial charge in [0.2, 0.25) is 10.0 Å². The largest absolute Gasteiger partial charge is 0.299 e.